The minimum Gasteiger partial charge on any atom is -0.481 e. The van der Waals surface area contributed by atoms with Gasteiger partial charge < -0.3 is 20.6 Å². The van der Waals surface area contributed by atoms with Crippen LogP contribution in [0.25, 0.3) is 0 Å². The van der Waals surface area contributed by atoms with Gasteiger partial charge >= 0.3 is 12.0 Å². The van der Waals surface area contributed by atoms with Gasteiger partial charge in [-0.05, 0) is 24.7 Å². The van der Waals surface area contributed by atoms with Crippen molar-refractivity contribution in [1.82, 2.24) is 15.5 Å². The molecule has 2 fully saturated rings. The smallest absolute Gasteiger partial charge is 0.317 e. The third kappa shape index (κ3) is 4.36. The van der Waals surface area contributed by atoms with Crippen LogP contribution in [0.5, 0.6) is 0 Å². The van der Waals surface area contributed by atoms with Crippen molar-refractivity contribution in [1.29, 1.82) is 0 Å². The van der Waals surface area contributed by atoms with Gasteiger partial charge in [0.25, 0.3) is 0 Å². The Bertz CT molecular complexity index is 486. The monoisotopic (exact) mass is 325 g/mol. The maximum Gasteiger partial charge on any atom is 0.317 e. The Hall–Kier alpha value is -1.79. The molecule has 0 aromatic heterocycles. The molecular weight excluding hydrogens is 298 g/mol. The predicted octanol–water partition coefficient (Wildman–Crippen LogP) is 1.19. The van der Waals surface area contributed by atoms with E-state index in [4.69, 9.17) is 5.11 Å². The number of hydrogen-bond donors (Lipinski definition) is 3. The second-order valence-corrected chi connectivity index (χ2v) is 7.63. The van der Waals surface area contributed by atoms with Crippen LogP contribution >= 0.6 is 0 Å². The van der Waals surface area contributed by atoms with Crippen LogP contribution in [-0.4, -0.2) is 53.1 Å². The summed E-state index contributed by atoms with van der Waals surface area (Å²) >= 11 is 0. The van der Waals surface area contributed by atoms with Crippen LogP contribution in [0, 0.1) is 11.3 Å². The minimum atomic E-state index is -0.847. The van der Waals surface area contributed by atoms with E-state index in [2.05, 4.69) is 10.6 Å². The molecule has 23 heavy (non-hydrogen) atoms. The Morgan fingerprint density at radius 2 is 2.00 bits per heavy atom. The molecule has 3 amide bonds. The molecule has 130 valence electrons. The van der Waals surface area contributed by atoms with E-state index in [9.17, 15) is 14.4 Å². The Morgan fingerprint density at radius 1 is 1.30 bits per heavy atom. The first kappa shape index (κ1) is 17.6. The summed E-state index contributed by atoms with van der Waals surface area (Å²) in [6, 6.07) is -0.496. The number of nitrogens with one attached hydrogen (secondary N) is 2. The van der Waals surface area contributed by atoms with Gasteiger partial charge in [-0.3, -0.25) is 9.59 Å². The van der Waals surface area contributed by atoms with Gasteiger partial charge in [-0.1, -0.05) is 20.8 Å². The van der Waals surface area contributed by atoms with Crippen LogP contribution in [0.15, 0.2) is 0 Å². The van der Waals surface area contributed by atoms with Crippen molar-refractivity contribution in [2.24, 2.45) is 11.3 Å². The number of carboxylic acid groups (broad SMARTS) is 1. The van der Waals surface area contributed by atoms with Gasteiger partial charge in [0.2, 0.25) is 5.91 Å². The summed E-state index contributed by atoms with van der Waals surface area (Å²) in [5.74, 6) is -1.32. The third-order valence-corrected chi connectivity index (χ3v) is 4.70. The van der Waals surface area contributed by atoms with Gasteiger partial charge in [0.1, 0.15) is 0 Å². The first-order valence-corrected chi connectivity index (χ1v) is 8.26. The van der Waals surface area contributed by atoms with Crippen LogP contribution in [0.2, 0.25) is 0 Å². The lowest BCUT2D eigenvalue weighted by Gasteiger charge is -2.42. The lowest BCUT2D eigenvalue weighted by molar-refractivity contribution is -0.143. The molecule has 0 aliphatic carbocycles. The van der Waals surface area contributed by atoms with E-state index in [1.165, 1.54) is 0 Å². The number of carbonyl (C=O) groups excluding carboxylic acids is 2. The predicted molar refractivity (Wildman–Crippen MR) is 84.9 cm³/mol. The molecular formula is C16H27N3O4. The van der Waals surface area contributed by atoms with Crippen molar-refractivity contribution in [2.75, 3.05) is 13.1 Å². The van der Waals surface area contributed by atoms with Crippen LogP contribution in [0.3, 0.4) is 0 Å². The fraction of sp³-hybridized carbons (Fsp3) is 0.812. The molecule has 0 aromatic rings. The number of urea groups is 1. The zero-order chi connectivity index (χ0) is 17.2. The fourth-order valence-corrected chi connectivity index (χ4v) is 3.39. The first-order chi connectivity index (χ1) is 10.7. The molecule has 0 bridgehead atoms. The van der Waals surface area contributed by atoms with Crippen molar-refractivity contribution in [3.05, 3.63) is 0 Å². The zero-order valence-electron chi connectivity index (χ0n) is 14.1. The highest BCUT2D eigenvalue weighted by Crippen LogP contribution is 2.27. The van der Waals surface area contributed by atoms with E-state index < -0.39 is 11.9 Å². The number of hydrogen-bond acceptors (Lipinski definition) is 3. The third-order valence-electron chi connectivity index (χ3n) is 4.70. The van der Waals surface area contributed by atoms with E-state index in [1.54, 1.807) is 4.90 Å². The van der Waals surface area contributed by atoms with Gasteiger partial charge in [-0.2, -0.15) is 0 Å². The summed E-state index contributed by atoms with van der Waals surface area (Å²) in [5, 5.41) is 15.1. The molecule has 2 heterocycles. The quantitative estimate of drug-likeness (QED) is 0.710. The average molecular weight is 325 g/mol. The van der Waals surface area contributed by atoms with Gasteiger partial charge in [0, 0.05) is 19.5 Å². The largest absolute Gasteiger partial charge is 0.481 e. The lowest BCUT2D eigenvalue weighted by atomic mass is 9.79. The Kier molecular flexibility index (Phi) is 5.16. The lowest BCUT2D eigenvalue weighted by Crippen LogP contribution is -2.62. The molecule has 0 saturated carbocycles. The molecule has 0 spiro atoms. The van der Waals surface area contributed by atoms with Crippen LogP contribution in [0.4, 0.5) is 4.79 Å². The number of carboxylic acids is 1. The molecule has 2 aliphatic heterocycles. The molecule has 1 unspecified atom stereocenters. The highest BCUT2D eigenvalue weighted by Gasteiger charge is 2.38. The second-order valence-electron chi connectivity index (χ2n) is 7.63. The molecule has 2 rings (SSSR count). The molecule has 7 nitrogen and oxygen atoms in total. The van der Waals surface area contributed by atoms with Crippen molar-refractivity contribution in [3.8, 4) is 0 Å². The van der Waals surface area contributed by atoms with Crippen molar-refractivity contribution >= 4 is 17.9 Å². The van der Waals surface area contributed by atoms with Crippen LogP contribution in [0.1, 0.15) is 46.5 Å². The number of likely N-dealkylation sites (tertiary alicyclic amines) is 1. The number of nitrogens with zero attached hydrogens (tertiary/aromatic N) is 1. The van der Waals surface area contributed by atoms with Crippen LogP contribution < -0.4 is 10.6 Å². The normalized spacial score (nSPS) is 28.9. The fourth-order valence-electron chi connectivity index (χ4n) is 3.39. The molecule has 0 aromatic carbocycles. The standard InChI is InChI=1S/C16H27N3O4/c1-16(2,3)13-11(6-7-12(20)18-13)17-15(23)19-8-4-5-10(9-19)14(21)22/h10-11,13H,4-9H2,1-3H3,(H,17,23)(H,18,20)(H,21,22)/t10?,11-,13-/m1/s1. The molecule has 7 heteroatoms. The highest BCUT2D eigenvalue weighted by atomic mass is 16.4. The Labute approximate surface area is 136 Å². The average Bonchev–Trinajstić information content (AvgIpc) is 2.48. The number of piperidine rings is 2. The molecule has 2 saturated heterocycles. The van der Waals surface area contributed by atoms with Gasteiger partial charge in [-0.15, -0.1) is 0 Å². The summed E-state index contributed by atoms with van der Waals surface area (Å²) in [6.45, 7) is 6.92. The van der Waals surface area contributed by atoms with E-state index in [1.807, 2.05) is 20.8 Å². The molecule has 3 N–H and O–H groups in total. The van der Waals surface area contributed by atoms with Crippen molar-refractivity contribution < 1.29 is 19.5 Å². The number of aliphatic carboxylic acids is 1. The zero-order valence-corrected chi connectivity index (χ0v) is 14.1. The maximum atomic E-state index is 12.5. The first-order valence-electron chi connectivity index (χ1n) is 8.26. The van der Waals surface area contributed by atoms with E-state index in [0.29, 0.717) is 32.2 Å². The SMILES string of the molecule is CC(C)(C)[C@@H]1NC(=O)CC[C@H]1NC(=O)N1CCCC(C(=O)O)C1. The highest BCUT2D eigenvalue weighted by molar-refractivity contribution is 5.79. The van der Waals surface area contributed by atoms with E-state index in [0.717, 1.165) is 0 Å². The Balaban J connectivity index is 2.00. The number of carbonyl (C=O) groups is 3. The second kappa shape index (κ2) is 6.76. The van der Waals surface area contributed by atoms with Gasteiger partial charge in [0.15, 0.2) is 0 Å². The molecule has 3 atom stereocenters. The van der Waals surface area contributed by atoms with Crippen LogP contribution in [-0.2, 0) is 9.59 Å². The van der Waals surface area contributed by atoms with Gasteiger partial charge in [-0.25, -0.2) is 4.79 Å². The topological polar surface area (TPSA) is 98.7 Å². The minimum absolute atomic E-state index is 0.0133. The Morgan fingerprint density at radius 3 is 2.61 bits per heavy atom. The molecule has 2 aliphatic rings. The van der Waals surface area contributed by atoms with E-state index >= 15 is 0 Å². The summed E-state index contributed by atoms with van der Waals surface area (Å²) in [4.78, 5) is 36.9. The molecule has 0 radical (unpaired) electrons. The van der Waals surface area contributed by atoms with E-state index in [-0.39, 0.29) is 36.0 Å². The van der Waals surface area contributed by atoms with Gasteiger partial charge in [0.05, 0.1) is 18.0 Å². The van der Waals surface area contributed by atoms with Crippen molar-refractivity contribution in [2.45, 2.75) is 58.5 Å². The summed E-state index contributed by atoms with van der Waals surface area (Å²) in [7, 11) is 0. The number of amides is 3. The summed E-state index contributed by atoms with van der Waals surface area (Å²) in [6.07, 6.45) is 2.32. The van der Waals surface area contributed by atoms with Crippen molar-refractivity contribution in [3.63, 3.8) is 0 Å². The summed E-state index contributed by atoms with van der Waals surface area (Å²) in [5.41, 5.74) is -0.167. The maximum absolute atomic E-state index is 12.5. The number of rotatable bonds is 2. The summed E-state index contributed by atoms with van der Waals surface area (Å²) < 4.78 is 0.